The van der Waals surface area contributed by atoms with E-state index in [-0.39, 0.29) is 5.91 Å². The number of piperidine rings is 1. The third kappa shape index (κ3) is 6.22. The third-order valence-electron chi connectivity index (χ3n) is 6.30. The molecule has 2 heterocycles. The fraction of sp³-hybridized carbons (Fsp3) is 0.480. The second kappa shape index (κ2) is 11.3. The van der Waals surface area contributed by atoms with Gasteiger partial charge in [0.1, 0.15) is 5.75 Å². The molecule has 2 aromatic carbocycles. The van der Waals surface area contributed by atoms with Gasteiger partial charge in [-0.2, -0.15) is 0 Å². The smallest absolute Gasteiger partial charge is 0.255 e. The second-order valence-electron chi connectivity index (χ2n) is 8.40. The number of nitrogens with zero attached hydrogens (tertiary/aromatic N) is 2. The minimum Gasteiger partial charge on any atom is -0.497 e. The predicted octanol–water partition coefficient (Wildman–Crippen LogP) is 2.84. The molecule has 2 aliphatic rings. The van der Waals surface area contributed by atoms with Crippen LogP contribution in [-0.2, 0) is 4.74 Å². The van der Waals surface area contributed by atoms with E-state index in [1.54, 1.807) is 31.4 Å². The molecule has 172 valence electrons. The first-order chi connectivity index (χ1) is 15.7. The highest BCUT2D eigenvalue weighted by Gasteiger charge is 2.19. The molecule has 7 nitrogen and oxygen atoms in total. The summed E-state index contributed by atoms with van der Waals surface area (Å²) in [4.78, 5) is 17.3. The zero-order valence-electron chi connectivity index (χ0n) is 18.9. The monoisotopic (exact) mass is 438 g/mol. The van der Waals surface area contributed by atoms with E-state index in [2.05, 4.69) is 32.6 Å². The van der Waals surface area contributed by atoms with E-state index in [0.29, 0.717) is 11.6 Å². The molecular weight excluding hydrogens is 404 g/mol. The number of carbonyl (C=O) groups is 1. The molecule has 0 saturated carbocycles. The molecule has 2 aromatic rings. The number of benzene rings is 2. The summed E-state index contributed by atoms with van der Waals surface area (Å²) in [6.07, 6.45) is 2.30. The van der Waals surface area contributed by atoms with Gasteiger partial charge in [-0.05, 0) is 61.4 Å². The lowest BCUT2D eigenvalue weighted by Gasteiger charge is -2.35. The Kier molecular flexibility index (Phi) is 7.98. The second-order valence-corrected chi connectivity index (χ2v) is 8.40. The lowest BCUT2D eigenvalue weighted by Crippen LogP contribution is -2.46. The van der Waals surface area contributed by atoms with Gasteiger partial charge in [-0.3, -0.25) is 9.69 Å². The van der Waals surface area contributed by atoms with Crippen LogP contribution in [0.1, 0.15) is 23.2 Å². The van der Waals surface area contributed by atoms with Crippen molar-refractivity contribution in [3.63, 3.8) is 0 Å². The molecule has 2 fully saturated rings. The Morgan fingerprint density at radius 2 is 1.69 bits per heavy atom. The minimum absolute atomic E-state index is 0.121. The summed E-state index contributed by atoms with van der Waals surface area (Å²) in [5.41, 5.74) is 2.62. The van der Waals surface area contributed by atoms with Crippen LogP contribution >= 0.6 is 0 Å². The molecule has 0 aromatic heterocycles. The molecule has 0 atom stereocenters. The zero-order valence-corrected chi connectivity index (χ0v) is 18.9. The molecule has 0 aliphatic carbocycles. The van der Waals surface area contributed by atoms with E-state index in [1.165, 1.54) is 5.69 Å². The summed E-state index contributed by atoms with van der Waals surface area (Å²) in [7, 11) is 1.61. The fourth-order valence-electron chi connectivity index (χ4n) is 4.29. The van der Waals surface area contributed by atoms with Gasteiger partial charge in [0, 0.05) is 62.2 Å². The van der Waals surface area contributed by atoms with E-state index < -0.39 is 0 Å². The Bertz CT molecular complexity index is 842. The van der Waals surface area contributed by atoms with E-state index in [0.717, 1.165) is 76.8 Å². The van der Waals surface area contributed by atoms with Crippen LogP contribution in [0.25, 0.3) is 0 Å². The Morgan fingerprint density at radius 1 is 1.00 bits per heavy atom. The quantitative estimate of drug-likeness (QED) is 0.661. The van der Waals surface area contributed by atoms with E-state index in [4.69, 9.17) is 9.47 Å². The van der Waals surface area contributed by atoms with Crippen LogP contribution in [0.15, 0.2) is 48.5 Å². The number of hydrogen-bond acceptors (Lipinski definition) is 6. The first-order valence-electron chi connectivity index (χ1n) is 11.6. The lowest BCUT2D eigenvalue weighted by atomic mass is 10.0. The maximum absolute atomic E-state index is 12.4. The average molecular weight is 439 g/mol. The third-order valence-corrected chi connectivity index (χ3v) is 6.30. The van der Waals surface area contributed by atoms with Crippen molar-refractivity contribution in [1.29, 1.82) is 0 Å². The summed E-state index contributed by atoms with van der Waals surface area (Å²) in [6, 6.07) is 15.8. The van der Waals surface area contributed by atoms with Crippen LogP contribution in [0.3, 0.4) is 0 Å². The number of hydrogen-bond donors (Lipinski definition) is 2. The first-order valence-corrected chi connectivity index (χ1v) is 11.6. The number of amides is 1. The predicted molar refractivity (Wildman–Crippen MR) is 128 cm³/mol. The van der Waals surface area contributed by atoms with Gasteiger partial charge in [0.2, 0.25) is 0 Å². The number of methoxy groups -OCH3 is 1. The highest BCUT2D eigenvalue weighted by Crippen LogP contribution is 2.22. The molecule has 4 rings (SSSR count). The van der Waals surface area contributed by atoms with Crippen LogP contribution in [-0.4, -0.2) is 76.4 Å². The molecule has 1 amide bonds. The zero-order chi connectivity index (χ0) is 22.2. The van der Waals surface area contributed by atoms with Crippen LogP contribution < -0.4 is 20.3 Å². The van der Waals surface area contributed by atoms with Crippen molar-refractivity contribution in [2.24, 2.45) is 0 Å². The molecule has 7 heteroatoms. The van der Waals surface area contributed by atoms with Gasteiger partial charge in [-0.1, -0.05) is 0 Å². The van der Waals surface area contributed by atoms with Crippen molar-refractivity contribution in [1.82, 2.24) is 10.2 Å². The SMILES string of the molecule is COc1ccc(C(=O)Nc2ccc(N3CCC(NCCN4CCOCC4)CC3)cc2)cc1. The van der Waals surface area contributed by atoms with Crippen molar-refractivity contribution < 1.29 is 14.3 Å². The summed E-state index contributed by atoms with van der Waals surface area (Å²) < 4.78 is 10.6. The average Bonchev–Trinajstić information content (AvgIpc) is 2.86. The molecule has 2 aliphatic heterocycles. The maximum atomic E-state index is 12.4. The molecule has 2 saturated heterocycles. The Balaban J connectivity index is 1.20. The molecule has 0 spiro atoms. The number of anilines is 2. The molecule has 2 N–H and O–H groups in total. The summed E-state index contributed by atoms with van der Waals surface area (Å²) in [5.74, 6) is 0.617. The number of nitrogens with one attached hydrogen (secondary N) is 2. The van der Waals surface area contributed by atoms with E-state index in [1.807, 2.05) is 12.1 Å². The van der Waals surface area contributed by atoms with Crippen molar-refractivity contribution in [2.45, 2.75) is 18.9 Å². The minimum atomic E-state index is -0.121. The topological polar surface area (TPSA) is 66.1 Å². The molecular formula is C25H34N4O3. The molecule has 32 heavy (non-hydrogen) atoms. The maximum Gasteiger partial charge on any atom is 0.255 e. The standard InChI is InChI=1S/C25H34N4O3/c1-31-24-8-2-20(3-9-24)25(30)27-22-4-6-23(7-5-22)29-13-10-21(11-14-29)26-12-15-28-16-18-32-19-17-28/h2-9,21,26H,10-19H2,1H3,(H,27,30). The van der Waals surface area contributed by atoms with Crippen molar-refractivity contribution in [3.05, 3.63) is 54.1 Å². The van der Waals surface area contributed by atoms with Crippen LogP contribution in [0.5, 0.6) is 5.75 Å². The largest absolute Gasteiger partial charge is 0.497 e. The van der Waals surface area contributed by atoms with Crippen LogP contribution in [0, 0.1) is 0 Å². The number of morpholine rings is 1. The van der Waals surface area contributed by atoms with Crippen LogP contribution in [0.2, 0.25) is 0 Å². The Morgan fingerprint density at radius 3 is 2.34 bits per heavy atom. The molecule has 0 bridgehead atoms. The lowest BCUT2D eigenvalue weighted by molar-refractivity contribution is 0.0380. The summed E-state index contributed by atoms with van der Waals surface area (Å²) in [6.45, 7) is 8.08. The Hall–Kier alpha value is -2.61. The first kappa shape index (κ1) is 22.6. The van der Waals surface area contributed by atoms with Gasteiger partial charge >= 0.3 is 0 Å². The van der Waals surface area contributed by atoms with Crippen molar-refractivity contribution in [2.75, 3.05) is 69.8 Å². The Labute approximate surface area is 190 Å². The van der Waals surface area contributed by atoms with Gasteiger partial charge in [-0.25, -0.2) is 0 Å². The van der Waals surface area contributed by atoms with Gasteiger partial charge in [0.15, 0.2) is 0 Å². The van der Waals surface area contributed by atoms with Crippen LogP contribution in [0.4, 0.5) is 11.4 Å². The molecule has 0 unspecified atom stereocenters. The van der Waals surface area contributed by atoms with E-state index in [9.17, 15) is 4.79 Å². The number of rotatable bonds is 8. The van der Waals surface area contributed by atoms with Gasteiger partial charge in [0.05, 0.1) is 20.3 Å². The molecule has 0 radical (unpaired) electrons. The van der Waals surface area contributed by atoms with E-state index >= 15 is 0 Å². The number of ether oxygens (including phenoxy) is 2. The summed E-state index contributed by atoms with van der Waals surface area (Å²) in [5, 5.41) is 6.69. The van der Waals surface area contributed by atoms with Crippen molar-refractivity contribution in [3.8, 4) is 5.75 Å². The fourth-order valence-corrected chi connectivity index (χ4v) is 4.29. The summed E-state index contributed by atoms with van der Waals surface area (Å²) >= 11 is 0. The normalized spacial score (nSPS) is 17.8. The van der Waals surface area contributed by atoms with Crippen molar-refractivity contribution >= 4 is 17.3 Å². The highest BCUT2D eigenvalue weighted by atomic mass is 16.5. The number of carbonyl (C=O) groups excluding carboxylic acids is 1. The van der Waals surface area contributed by atoms with Gasteiger partial charge in [0.25, 0.3) is 5.91 Å². The highest BCUT2D eigenvalue weighted by molar-refractivity contribution is 6.04. The van der Waals surface area contributed by atoms with Gasteiger partial charge < -0.3 is 25.0 Å². The van der Waals surface area contributed by atoms with Gasteiger partial charge in [-0.15, -0.1) is 0 Å².